The van der Waals surface area contributed by atoms with Gasteiger partial charge in [-0.05, 0) is 25.7 Å². The van der Waals surface area contributed by atoms with Gasteiger partial charge in [0.1, 0.15) is 11.6 Å². The first-order chi connectivity index (χ1) is 9.06. The van der Waals surface area contributed by atoms with E-state index in [0.29, 0.717) is 10.9 Å². The van der Waals surface area contributed by atoms with Crippen molar-refractivity contribution in [2.45, 2.75) is 19.0 Å². The zero-order chi connectivity index (χ0) is 14.0. The maximum absolute atomic E-state index is 11.9. The van der Waals surface area contributed by atoms with E-state index in [4.69, 9.17) is 5.26 Å². The van der Waals surface area contributed by atoms with Gasteiger partial charge in [-0.3, -0.25) is 4.79 Å². The van der Waals surface area contributed by atoms with Crippen LogP contribution in [0.1, 0.15) is 16.7 Å². The van der Waals surface area contributed by atoms with Crippen molar-refractivity contribution in [1.82, 2.24) is 9.97 Å². The fourth-order valence-electron chi connectivity index (χ4n) is 1.93. The number of hydrogen-bond acceptors (Lipinski definition) is 4. The summed E-state index contributed by atoms with van der Waals surface area (Å²) in [6.07, 6.45) is 1.83. The number of thioether (sulfide) groups is 1. The molecule has 4 nitrogen and oxygen atoms in total. The van der Waals surface area contributed by atoms with E-state index in [1.54, 1.807) is 0 Å². The van der Waals surface area contributed by atoms with Gasteiger partial charge in [-0.15, -0.1) is 0 Å². The predicted octanol–water partition coefficient (Wildman–Crippen LogP) is 2.65. The number of rotatable bonds is 2. The highest BCUT2D eigenvalue weighted by molar-refractivity contribution is 7.98. The summed E-state index contributed by atoms with van der Waals surface area (Å²) in [7, 11) is 0. The lowest BCUT2D eigenvalue weighted by Crippen LogP contribution is -2.14. The predicted molar refractivity (Wildman–Crippen MR) is 76.3 cm³/mol. The highest BCUT2D eigenvalue weighted by Crippen LogP contribution is 2.25. The smallest absolute Gasteiger partial charge is 0.270 e. The van der Waals surface area contributed by atoms with Crippen LogP contribution in [0.25, 0.3) is 11.3 Å². The quantitative estimate of drug-likeness (QED) is 0.673. The first kappa shape index (κ1) is 13.4. The van der Waals surface area contributed by atoms with E-state index in [1.165, 1.54) is 11.8 Å². The van der Waals surface area contributed by atoms with Gasteiger partial charge in [0.15, 0.2) is 5.16 Å². The summed E-state index contributed by atoms with van der Waals surface area (Å²) in [5.74, 6) is 0. The van der Waals surface area contributed by atoms with Crippen molar-refractivity contribution in [2.24, 2.45) is 0 Å². The molecule has 0 aliphatic rings. The molecule has 0 amide bonds. The van der Waals surface area contributed by atoms with Gasteiger partial charge < -0.3 is 4.98 Å². The van der Waals surface area contributed by atoms with Gasteiger partial charge in [0.05, 0.1) is 5.69 Å². The molecule has 0 radical (unpaired) electrons. The molecule has 1 N–H and O–H groups in total. The molecule has 0 bridgehead atoms. The van der Waals surface area contributed by atoms with Crippen LogP contribution in [0.5, 0.6) is 0 Å². The Balaban J connectivity index is 2.77. The number of aromatic amines is 1. The van der Waals surface area contributed by atoms with Crippen molar-refractivity contribution in [3.63, 3.8) is 0 Å². The van der Waals surface area contributed by atoms with Crippen molar-refractivity contribution in [1.29, 1.82) is 5.26 Å². The topological polar surface area (TPSA) is 69.5 Å². The van der Waals surface area contributed by atoms with Gasteiger partial charge in [0, 0.05) is 5.56 Å². The highest BCUT2D eigenvalue weighted by Gasteiger charge is 2.14. The van der Waals surface area contributed by atoms with Gasteiger partial charge in [-0.25, -0.2) is 4.98 Å². The molecule has 0 saturated heterocycles. The molecule has 2 aromatic rings. The molecule has 0 aliphatic heterocycles. The third kappa shape index (κ3) is 2.54. The molecule has 96 valence electrons. The third-order valence-electron chi connectivity index (χ3n) is 2.84. The molecule has 0 saturated carbocycles. The zero-order valence-corrected chi connectivity index (χ0v) is 11.8. The summed E-state index contributed by atoms with van der Waals surface area (Å²) in [5, 5.41) is 9.67. The van der Waals surface area contributed by atoms with Crippen LogP contribution in [-0.2, 0) is 0 Å². The van der Waals surface area contributed by atoms with Crippen molar-refractivity contribution in [3.05, 3.63) is 45.2 Å². The van der Waals surface area contributed by atoms with Crippen molar-refractivity contribution >= 4 is 11.8 Å². The van der Waals surface area contributed by atoms with E-state index in [9.17, 15) is 4.79 Å². The number of nitrogens with one attached hydrogen (secondary N) is 1. The maximum atomic E-state index is 11.9. The fourth-order valence-corrected chi connectivity index (χ4v) is 2.30. The standard InChI is InChI=1S/C14H13N3OS/c1-8-4-5-10(9(2)6-8)12-11(7-15)13(18)17-14(16-12)19-3/h4-6H,1-3H3,(H,16,17,18). The van der Waals surface area contributed by atoms with E-state index in [-0.39, 0.29) is 5.56 Å². The Morgan fingerprint density at radius 2 is 2.11 bits per heavy atom. The third-order valence-corrected chi connectivity index (χ3v) is 3.42. The van der Waals surface area contributed by atoms with Crippen LogP contribution in [0.3, 0.4) is 0 Å². The SMILES string of the molecule is CSc1nc(-c2ccc(C)cc2C)c(C#N)c(=O)[nH]1. The van der Waals surface area contributed by atoms with Crippen molar-refractivity contribution in [3.8, 4) is 17.3 Å². The first-order valence-corrected chi connectivity index (χ1v) is 6.95. The molecular formula is C14H13N3OS. The minimum Gasteiger partial charge on any atom is -0.300 e. The van der Waals surface area contributed by atoms with Crippen LogP contribution >= 0.6 is 11.8 Å². The van der Waals surface area contributed by atoms with Crippen LogP contribution in [0.4, 0.5) is 0 Å². The minimum atomic E-state index is -0.392. The van der Waals surface area contributed by atoms with E-state index in [2.05, 4.69) is 9.97 Å². The van der Waals surface area contributed by atoms with Crippen LogP contribution in [0, 0.1) is 25.2 Å². The number of benzene rings is 1. The summed E-state index contributed by atoms with van der Waals surface area (Å²) in [5.41, 5.74) is 3.08. The number of hydrogen-bond donors (Lipinski definition) is 1. The number of nitriles is 1. The largest absolute Gasteiger partial charge is 0.300 e. The summed E-state index contributed by atoms with van der Waals surface area (Å²) < 4.78 is 0. The Kier molecular flexibility index (Phi) is 3.72. The summed E-state index contributed by atoms with van der Waals surface area (Å²) in [6.45, 7) is 3.95. The average molecular weight is 271 g/mol. The number of H-pyrrole nitrogens is 1. The van der Waals surface area contributed by atoms with Gasteiger partial charge in [-0.2, -0.15) is 5.26 Å². The molecule has 1 aromatic heterocycles. The lowest BCUT2D eigenvalue weighted by atomic mass is 10.0. The van der Waals surface area contributed by atoms with E-state index in [1.807, 2.05) is 44.4 Å². The maximum Gasteiger partial charge on any atom is 0.270 e. The van der Waals surface area contributed by atoms with Gasteiger partial charge >= 0.3 is 0 Å². The molecular weight excluding hydrogens is 258 g/mol. The van der Waals surface area contributed by atoms with Crippen LogP contribution in [0.15, 0.2) is 28.2 Å². The molecule has 0 fully saturated rings. The first-order valence-electron chi connectivity index (χ1n) is 5.73. The molecule has 0 aliphatic carbocycles. The van der Waals surface area contributed by atoms with Crippen LogP contribution in [-0.4, -0.2) is 16.2 Å². The molecule has 1 aromatic carbocycles. The summed E-state index contributed by atoms with van der Waals surface area (Å²) in [6, 6.07) is 7.80. The van der Waals surface area contributed by atoms with Gasteiger partial charge in [-0.1, -0.05) is 35.5 Å². The highest BCUT2D eigenvalue weighted by atomic mass is 32.2. The molecule has 0 atom stereocenters. The monoisotopic (exact) mass is 271 g/mol. The minimum absolute atomic E-state index is 0.0600. The molecule has 0 spiro atoms. The second-order valence-corrected chi connectivity index (χ2v) is 5.02. The Labute approximate surface area is 115 Å². The second kappa shape index (κ2) is 5.29. The molecule has 0 unspecified atom stereocenters. The van der Waals surface area contributed by atoms with Crippen molar-refractivity contribution in [2.75, 3.05) is 6.26 Å². The summed E-state index contributed by atoms with van der Waals surface area (Å²) >= 11 is 1.34. The summed E-state index contributed by atoms with van der Waals surface area (Å²) in [4.78, 5) is 18.8. The molecule has 2 rings (SSSR count). The Hall–Kier alpha value is -2.06. The van der Waals surface area contributed by atoms with Gasteiger partial charge in [0.25, 0.3) is 5.56 Å². The van der Waals surface area contributed by atoms with Crippen LogP contribution < -0.4 is 5.56 Å². The second-order valence-electron chi connectivity index (χ2n) is 4.23. The molecule has 5 heteroatoms. The molecule has 1 heterocycles. The Morgan fingerprint density at radius 1 is 1.37 bits per heavy atom. The Morgan fingerprint density at radius 3 is 2.68 bits per heavy atom. The number of aryl methyl sites for hydroxylation is 2. The number of aromatic nitrogens is 2. The Bertz CT molecular complexity index is 728. The molecule has 19 heavy (non-hydrogen) atoms. The lowest BCUT2D eigenvalue weighted by molar-refractivity contribution is 0.936. The lowest BCUT2D eigenvalue weighted by Gasteiger charge is -2.08. The van der Waals surface area contributed by atoms with E-state index >= 15 is 0 Å². The van der Waals surface area contributed by atoms with E-state index in [0.717, 1.165) is 16.7 Å². The van der Waals surface area contributed by atoms with Crippen molar-refractivity contribution < 1.29 is 0 Å². The zero-order valence-electron chi connectivity index (χ0n) is 10.9. The number of nitrogens with zero attached hydrogens (tertiary/aromatic N) is 2. The normalized spacial score (nSPS) is 10.2. The fraction of sp³-hybridized carbons (Fsp3) is 0.214. The van der Waals surface area contributed by atoms with E-state index < -0.39 is 5.56 Å². The van der Waals surface area contributed by atoms with Crippen LogP contribution in [0.2, 0.25) is 0 Å². The average Bonchev–Trinajstić information content (AvgIpc) is 2.37. The van der Waals surface area contributed by atoms with Gasteiger partial charge in [0.2, 0.25) is 0 Å².